The summed E-state index contributed by atoms with van der Waals surface area (Å²) in [6, 6.07) is 14.0. The van der Waals surface area contributed by atoms with Crippen molar-refractivity contribution >= 4 is 15.9 Å². The Hall–Kier alpha value is -2.58. The van der Waals surface area contributed by atoms with Crippen molar-refractivity contribution < 1.29 is 22.7 Å². The van der Waals surface area contributed by atoms with E-state index in [0.717, 1.165) is 31.4 Å². The Morgan fingerprint density at radius 3 is 2.55 bits per heavy atom. The predicted octanol–water partition coefficient (Wildman–Crippen LogP) is 2.72. The van der Waals surface area contributed by atoms with Crippen LogP contribution in [0.5, 0.6) is 11.5 Å². The Balaban J connectivity index is 1.50. The number of carbonyl (C=O) groups excluding carboxylic acids is 1. The number of amides is 1. The fourth-order valence-electron chi connectivity index (χ4n) is 2.75. The lowest BCUT2D eigenvalue weighted by molar-refractivity contribution is 0.0952. The number of methoxy groups -OCH3 is 1. The second-order valence-electron chi connectivity index (χ2n) is 6.89. The zero-order valence-corrected chi connectivity index (χ0v) is 17.2. The molecule has 7 nitrogen and oxygen atoms in total. The van der Waals surface area contributed by atoms with Gasteiger partial charge in [0.1, 0.15) is 16.4 Å². The van der Waals surface area contributed by atoms with Gasteiger partial charge in [0.2, 0.25) is 10.0 Å². The van der Waals surface area contributed by atoms with Crippen LogP contribution in [0, 0.1) is 0 Å². The zero-order chi connectivity index (χ0) is 20.7. The Bertz CT molecular complexity index is 927. The molecular weight excluding hydrogens is 392 g/mol. The molecule has 2 N–H and O–H groups in total. The van der Waals surface area contributed by atoms with Crippen LogP contribution in [0.25, 0.3) is 0 Å². The van der Waals surface area contributed by atoms with E-state index in [-0.39, 0.29) is 28.2 Å². The van der Waals surface area contributed by atoms with Crippen molar-refractivity contribution in [2.24, 2.45) is 0 Å². The minimum absolute atomic E-state index is 0.0178. The number of sulfonamides is 1. The number of hydrogen-bond acceptors (Lipinski definition) is 5. The largest absolute Gasteiger partial charge is 0.495 e. The lowest BCUT2D eigenvalue weighted by atomic mass is 10.2. The van der Waals surface area contributed by atoms with Gasteiger partial charge in [-0.2, -0.15) is 0 Å². The molecule has 2 aromatic rings. The standard InChI is InChI=1S/C21H26N2O5S/c1-27-19-12-9-16(15-20(19)29(25,26)23-17-10-11-17)21(24)22-13-5-6-14-28-18-7-3-2-4-8-18/h2-4,7-9,12,15,17,23H,5-6,10-11,13-14H2,1H3,(H,22,24). The summed E-state index contributed by atoms with van der Waals surface area (Å²) in [5, 5.41) is 2.82. The molecule has 3 rings (SSSR count). The summed E-state index contributed by atoms with van der Waals surface area (Å²) in [5.41, 5.74) is 0.280. The molecule has 2 aromatic carbocycles. The second kappa shape index (κ2) is 9.76. The van der Waals surface area contributed by atoms with Crippen molar-refractivity contribution in [3.05, 3.63) is 54.1 Å². The number of nitrogens with one attached hydrogen (secondary N) is 2. The first-order valence-corrected chi connectivity index (χ1v) is 11.1. The van der Waals surface area contributed by atoms with E-state index in [2.05, 4.69) is 10.0 Å². The van der Waals surface area contributed by atoms with Gasteiger partial charge in [0.25, 0.3) is 5.91 Å². The number of rotatable bonds is 11. The summed E-state index contributed by atoms with van der Waals surface area (Å²) in [4.78, 5) is 12.4. The van der Waals surface area contributed by atoms with E-state index in [0.29, 0.717) is 13.2 Å². The number of carbonyl (C=O) groups is 1. The smallest absolute Gasteiger partial charge is 0.251 e. The molecular formula is C21H26N2O5S. The van der Waals surface area contributed by atoms with Gasteiger partial charge < -0.3 is 14.8 Å². The molecule has 0 heterocycles. The number of para-hydroxylation sites is 1. The third-order valence-corrected chi connectivity index (χ3v) is 6.02. The van der Waals surface area contributed by atoms with Crippen LogP contribution in [0.2, 0.25) is 0 Å². The molecule has 1 saturated carbocycles. The molecule has 0 saturated heterocycles. The van der Waals surface area contributed by atoms with Crippen molar-refractivity contribution in [1.82, 2.24) is 10.0 Å². The lowest BCUT2D eigenvalue weighted by Gasteiger charge is -2.12. The molecule has 0 spiro atoms. The first-order chi connectivity index (χ1) is 14.0. The molecule has 0 aromatic heterocycles. The Kier molecular flexibility index (Phi) is 7.11. The van der Waals surface area contributed by atoms with Crippen molar-refractivity contribution in [2.75, 3.05) is 20.3 Å². The minimum Gasteiger partial charge on any atom is -0.495 e. The Labute approximate surface area is 171 Å². The van der Waals surface area contributed by atoms with E-state index in [1.807, 2.05) is 30.3 Å². The molecule has 1 fully saturated rings. The SMILES string of the molecule is COc1ccc(C(=O)NCCCCOc2ccccc2)cc1S(=O)(=O)NC1CC1. The average molecular weight is 419 g/mol. The fourth-order valence-corrected chi connectivity index (χ4v) is 4.25. The summed E-state index contributed by atoms with van der Waals surface area (Å²) in [7, 11) is -2.32. The Morgan fingerprint density at radius 2 is 1.86 bits per heavy atom. The van der Waals surface area contributed by atoms with Gasteiger partial charge in [-0.15, -0.1) is 0 Å². The van der Waals surface area contributed by atoms with Crippen molar-refractivity contribution in [3.63, 3.8) is 0 Å². The van der Waals surface area contributed by atoms with E-state index in [9.17, 15) is 13.2 Å². The molecule has 8 heteroatoms. The minimum atomic E-state index is -3.73. The topological polar surface area (TPSA) is 93.7 Å². The van der Waals surface area contributed by atoms with Crippen LogP contribution in [-0.2, 0) is 10.0 Å². The third-order valence-electron chi connectivity index (χ3n) is 4.48. The highest BCUT2D eigenvalue weighted by molar-refractivity contribution is 7.89. The molecule has 29 heavy (non-hydrogen) atoms. The summed E-state index contributed by atoms with van der Waals surface area (Å²) in [5.74, 6) is 0.718. The maximum absolute atomic E-state index is 12.5. The van der Waals surface area contributed by atoms with Crippen LogP contribution in [0.3, 0.4) is 0 Å². The van der Waals surface area contributed by atoms with Gasteiger partial charge in [0, 0.05) is 18.2 Å². The maximum atomic E-state index is 12.5. The first kappa shape index (κ1) is 21.1. The van der Waals surface area contributed by atoms with Gasteiger partial charge >= 0.3 is 0 Å². The quantitative estimate of drug-likeness (QED) is 0.547. The number of benzene rings is 2. The molecule has 0 radical (unpaired) electrons. The lowest BCUT2D eigenvalue weighted by Crippen LogP contribution is -2.28. The van der Waals surface area contributed by atoms with E-state index in [4.69, 9.17) is 9.47 Å². The van der Waals surface area contributed by atoms with Gasteiger partial charge in [-0.3, -0.25) is 4.79 Å². The van der Waals surface area contributed by atoms with Gasteiger partial charge in [-0.25, -0.2) is 13.1 Å². The van der Waals surface area contributed by atoms with E-state index < -0.39 is 10.0 Å². The molecule has 1 amide bonds. The van der Waals surface area contributed by atoms with Gasteiger partial charge in [-0.1, -0.05) is 18.2 Å². The monoisotopic (exact) mass is 418 g/mol. The summed E-state index contributed by atoms with van der Waals surface area (Å²) >= 11 is 0. The normalized spacial score (nSPS) is 13.7. The van der Waals surface area contributed by atoms with E-state index >= 15 is 0 Å². The van der Waals surface area contributed by atoms with Crippen LogP contribution in [0.15, 0.2) is 53.4 Å². The van der Waals surface area contributed by atoms with Gasteiger partial charge in [0.15, 0.2) is 0 Å². The molecule has 156 valence electrons. The molecule has 1 aliphatic rings. The highest BCUT2D eigenvalue weighted by Crippen LogP contribution is 2.28. The maximum Gasteiger partial charge on any atom is 0.251 e. The Morgan fingerprint density at radius 1 is 1.10 bits per heavy atom. The first-order valence-electron chi connectivity index (χ1n) is 9.66. The van der Waals surface area contributed by atoms with Crippen molar-refractivity contribution in [1.29, 1.82) is 0 Å². The summed E-state index contributed by atoms with van der Waals surface area (Å²) < 4.78 is 38.5. The third kappa shape index (κ3) is 6.20. The van der Waals surface area contributed by atoms with Gasteiger partial charge in [0.05, 0.1) is 13.7 Å². The molecule has 0 aliphatic heterocycles. The summed E-state index contributed by atoms with van der Waals surface area (Å²) in [6.07, 6.45) is 3.21. The highest BCUT2D eigenvalue weighted by atomic mass is 32.2. The van der Waals surface area contributed by atoms with Crippen LogP contribution in [0.1, 0.15) is 36.0 Å². The molecule has 0 bridgehead atoms. The number of hydrogen-bond donors (Lipinski definition) is 2. The van der Waals surface area contributed by atoms with Gasteiger partial charge in [-0.05, 0) is 56.0 Å². The molecule has 0 atom stereocenters. The summed E-state index contributed by atoms with van der Waals surface area (Å²) in [6.45, 7) is 1.04. The van der Waals surface area contributed by atoms with Crippen LogP contribution < -0.4 is 19.5 Å². The fraction of sp³-hybridized carbons (Fsp3) is 0.381. The average Bonchev–Trinajstić information content (AvgIpc) is 3.54. The predicted molar refractivity (Wildman–Crippen MR) is 110 cm³/mol. The molecule has 1 aliphatic carbocycles. The van der Waals surface area contributed by atoms with Crippen LogP contribution in [0.4, 0.5) is 0 Å². The zero-order valence-electron chi connectivity index (χ0n) is 16.4. The molecule has 0 unspecified atom stereocenters. The van der Waals surface area contributed by atoms with Crippen LogP contribution in [-0.4, -0.2) is 40.6 Å². The van der Waals surface area contributed by atoms with E-state index in [1.54, 1.807) is 6.07 Å². The van der Waals surface area contributed by atoms with Crippen molar-refractivity contribution in [2.45, 2.75) is 36.6 Å². The van der Waals surface area contributed by atoms with E-state index in [1.165, 1.54) is 19.2 Å². The second-order valence-corrected chi connectivity index (χ2v) is 8.57. The number of ether oxygens (including phenoxy) is 2. The van der Waals surface area contributed by atoms with Crippen LogP contribution >= 0.6 is 0 Å². The van der Waals surface area contributed by atoms with Crippen molar-refractivity contribution in [3.8, 4) is 11.5 Å². The number of unbranched alkanes of at least 4 members (excludes halogenated alkanes) is 1. The highest BCUT2D eigenvalue weighted by Gasteiger charge is 2.30.